The van der Waals surface area contributed by atoms with Gasteiger partial charge in [-0.1, -0.05) is 69.3 Å². The Bertz CT molecular complexity index is 775. The summed E-state index contributed by atoms with van der Waals surface area (Å²) < 4.78 is 27.9. The van der Waals surface area contributed by atoms with Gasteiger partial charge in [0.25, 0.3) is 0 Å². The van der Waals surface area contributed by atoms with Crippen molar-refractivity contribution in [2.24, 2.45) is 5.92 Å². The molecule has 0 aliphatic carbocycles. The molecule has 0 bridgehead atoms. The molecule has 2 aromatic rings. The van der Waals surface area contributed by atoms with Crippen molar-refractivity contribution >= 4 is 10.0 Å². The van der Waals surface area contributed by atoms with Crippen molar-refractivity contribution in [2.45, 2.75) is 50.7 Å². The molecule has 4 nitrogen and oxygen atoms in total. The molecule has 0 aliphatic heterocycles. The third-order valence-corrected chi connectivity index (χ3v) is 6.57. The zero-order valence-corrected chi connectivity index (χ0v) is 16.6. The molecule has 0 amide bonds. The van der Waals surface area contributed by atoms with E-state index < -0.39 is 15.7 Å². The summed E-state index contributed by atoms with van der Waals surface area (Å²) in [6, 6.07) is 17.9. The first-order valence-electron chi connectivity index (χ1n) is 9.14. The van der Waals surface area contributed by atoms with Gasteiger partial charge in [-0.25, -0.2) is 8.42 Å². The van der Waals surface area contributed by atoms with Crippen molar-refractivity contribution in [1.82, 2.24) is 4.31 Å². The number of hydrogen-bond donors (Lipinski definition) is 1. The molecule has 0 saturated carbocycles. The van der Waals surface area contributed by atoms with E-state index in [4.69, 9.17) is 0 Å². The first-order chi connectivity index (χ1) is 12.3. The summed E-state index contributed by atoms with van der Waals surface area (Å²) >= 11 is 0. The van der Waals surface area contributed by atoms with Crippen LogP contribution in [-0.4, -0.2) is 30.1 Å². The first kappa shape index (κ1) is 20.6. The summed E-state index contributed by atoms with van der Waals surface area (Å²) in [5.74, 6) is 0.335. The predicted octanol–water partition coefficient (Wildman–Crippen LogP) is 4.06. The van der Waals surface area contributed by atoms with E-state index >= 15 is 0 Å². The van der Waals surface area contributed by atoms with Crippen LogP contribution in [0, 0.1) is 5.92 Å². The van der Waals surface area contributed by atoms with Gasteiger partial charge in [0, 0.05) is 13.0 Å². The number of benzene rings is 2. The summed E-state index contributed by atoms with van der Waals surface area (Å²) in [5.41, 5.74) is -0.556. The van der Waals surface area contributed by atoms with E-state index in [1.807, 2.05) is 37.3 Å². The van der Waals surface area contributed by atoms with E-state index in [1.165, 1.54) is 4.31 Å². The van der Waals surface area contributed by atoms with Crippen molar-refractivity contribution in [3.05, 3.63) is 66.2 Å². The van der Waals surface area contributed by atoms with Crippen molar-refractivity contribution in [1.29, 1.82) is 0 Å². The molecule has 26 heavy (non-hydrogen) atoms. The molecular formula is C21H29NO3S. The molecule has 142 valence electrons. The van der Waals surface area contributed by atoms with Crippen LogP contribution >= 0.6 is 0 Å². The molecule has 0 saturated heterocycles. The smallest absolute Gasteiger partial charge is 0.245 e. The minimum atomic E-state index is -3.80. The fraction of sp³-hybridized carbons (Fsp3) is 0.429. The van der Waals surface area contributed by atoms with E-state index in [0.29, 0.717) is 18.8 Å². The lowest BCUT2D eigenvalue weighted by Gasteiger charge is -2.39. The zero-order chi connectivity index (χ0) is 19.2. The standard InChI is InChI=1S/C21H29NO3S/c1-4-21(23,17-19-11-7-5-8-12-19)22(16-15-18(2)3)26(24,25)20-13-9-6-10-14-20/h5-14,18,23H,4,15-17H2,1-3H3. The SMILES string of the molecule is CCC(O)(Cc1ccccc1)N(CCC(C)C)S(=O)(=O)c1ccccc1. The molecule has 1 unspecified atom stereocenters. The summed E-state index contributed by atoms with van der Waals surface area (Å²) in [6.07, 6.45) is 1.25. The van der Waals surface area contributed by atoms with E-state index in [0.717, 1.165) is 5.56 Å². The molecule has 2 aromatic carbocycles. The maximum Gasteiger partial charge on any atom is 0.245 e. The molecule has 0 fully saturated rings. The van der Waals surface area contributed by atoms with Gasteiger partial charge in [0.2, 0.25) is 10.0 Å². The third kappa shape index (κ3) is 4.93. The lowest BCUT2D eigenvalue weighted by atomic mass is 9.99. The maximum atomic E-state index is 13.3. The highest BCUT2D eigenvalue weighted by molar-refractivity contribution is 7.89. The number of aliphatic hydroxyl groups is 1. The molecular weight excluding hydrogens is 346 g/mol. The number of nitrogens with zero attached hydrogens (tertiary/aromatic N) is 1. The quantitative estimate of drug-likeness (QED) is 0.672. The van der Waals surface area contributed by atoms with Gasteiger partial charge < -0.3 is 5.11 Å². The van der Waals surface area contributed by atoms with Crippen LogP contribution < -0.4 is 0 Å². The molecule has 1 atom stereocenters. The predicted molar refractivity (Wildman–Crippen MR) is 105 cm³/mol. The summed E-state index contributed by atoms with van der Waals surface area (Å²) in [5, 5.41) is 11.4. The van der Waals surface area contributed by atoms with E-state index in [-0.39, 0.29) is 17.9 Å². The second-order valence-corrected chi connectivity index (χ2v) is 8.93. The van der Waals surface area contributed by atoms with E-state index in [1.54, 1.807) is 30.3 Å². The van der Waals surface area contributed by atoms with Crippen LogP contribution in [-0.2, 0) is 16.4 Å². The van der Waals surface area contributed by atoms with Crippen LogP contribution in [0.4, 0.5) is 0 Å². The fourth-order valence-corrected chi connectivity index (χ4v) is 4.70. The van der Waals surface area contributed by atoms with Gasteiger partial charge >= 0.3 is 0 Å². The van der Waals surface area contributed by atoms with E-state index in [2.05, 4.69) is 13.8 Å². The van der Waals surface area contributed by atoms with Crippen LogP contribution in [0.25, 0.3) is 0 Å². The van der Waals surface area contributed by atoms with Gasteiger partial charge in [0.15, 0.2) is 0 Å². The Hall–Kier alpha value is -1.69. The van der Waals surface area contributed by atoms with Gasteiger partial charge in [-0.05, 0) is 36.5 Å². The Morgan fingerprint density at radius 1 is 1.00 bits per heavy atom. The molecule has 0 spiro atoms. The molecule has 1 N–H and O–H groups in total. The Labute approximate surface area is 157 Å². The third-order valence-electron chi connectivity index (χ3n) is 4.60. The van der Waals surface area contributed by atoms with Crippen molar-refractivity contribution < 1.29 is 13.5 Å². The molecule has 0 radical (unpaired) electrons. The van der Waals surface area contributed by atoms with Crippen LogP contribution in [0.1, 0.15) is 39.2 Å². The average Bonchev–Trinajstić information content (AvgIpc) is 2.63. The summed E-state index contributed by atoms with van der Waals surface area (Å²) in [6.45, 7) is 6.21. The highest BCUT2D eigenvalue weighted by Crippen LogP contribution is 2.30. The molecule has 5 heteroatoms. The molecule has 2 rings (SSSR count). The highest BCUT2D eigenvalue weighted by atomic mass is 32.2. The normalized spacial score (nSPS) is 14.5. The lowest BCUT2D eigenvalue weighted by molar-refractivity contribution is -0.0647. The lowest BCUT2D eigenvalue weighted by Crippen LogP contribution is -2.53. The largest absolute Gasteiger partial charge is 0.374 e. The second kappa shape index (κ2) is 8.80. The van der Waals surface area contributed by atoms with Gasteiger partial charge in [-0.15, -0.1) is 0 Å². The zero-order valence-electron chi connectivity index (χ0n) is 15.8. The highest BCUT2D eigenvalue weighted by Gasteiger charge is 2.41. The Morgan fingerprint density at radius 3 is 2.04 bits per heavy atom. The van der Waals surface area contributed by atoms with Crippen LogP contribution in [0.3, 0.4) is 0 Å². The summed E-state index contributed by atoms with van der Waals surface area (Å²) in [7, 11) is -3.80. The maximum absolute atomic E-state index is 13.3. The van der Waals surface area contributed by atoms with E-state index in [9.17, 15) is 13.5 Å². The first-order valence-corrected chi connectivity index (χ1v) is 10.6. The van der Waals surface area contributed by atoms with Crippen LogP contribution in [0.5, 0.6) is 0 Å². The second-order valence-electron chi connectivity index (χ2n) is 7.07. The number of rotatable bonds is 9. The van der Waals surface area contributed by atoms with Gasteiger partial charge in [0.1, 0.15) is 5.72 Å². The Kier molecular flexibility index (Phi) is 6.98. The van der Waals surface area contributed by atoms with Crippen LogP contribution in [0.2, 0.25) is 0 Å². The number of sulfonamides is 1. The Morgan fingerprint density at radius 2 is 1.54 bits per heavy atom. The minimum absolute atomic E-state index is 0.212. The topological polar surface area (TPSA) is 57.6 Å². The Balaban J connectivity index is 2.44. The minimum Gasteiger partial charge on any atom is -0.374 e. The van der Waals surface area contributed by atoms with Crippen molar-refractivity contribution in [2.75, 3.05) is 6.54 Å². The number of hydrogen-bond acceptors (Lipinski definition) is 3. The molecule has 0 aliphatic rings. The van der Waals surface area contributed by atoms with Gasteiger partial charge in [-0.2, -0.15) is 4.31 Å². The van der Waals surface area contributed by atoms with Gasteiger partial charge in [-0.3, -0.25) is 0 Å². The molecule has 0 aromatic heterocycles. The fourth-order valence-electron chi connectivity index (χ4n) is 2.96. The van der Waals surface area contributed by atoms with Crippen molar-refractivity contribution in [3.8, 4) is 0 Å². The monoisotopic (exact) mass is 375 g/mol. The average molecular weight is 376 g/mol. The van der Waals surface area contributed by atoms with Crippen molar-refractivity contribution in [3.63, 3.8) is 0 Å². The molecule has 0 heterocycles. The van der Waals surface area contributed by atoms with Crippen LogP contribution in [0.15, 0.2) is 65.6 Å². The van der Waals surface area contributed by atoms with Gasteiger partial charge in [0.05, 0.1) is 4.90 Å². The summed E-state index contributed by atoms with van der Waals surface area (Å²) in [4.78, 5) is 0.212.